The van der Waals surface area contributed by atoms with Gasteiger partial charge in [0.25, 0.3) is 0 Å². The SMILES string of the molecule is O=C1CS[C@@H](c2ccccc2C(F)(F)F)N1c1cc(Cl)cc(Cl)c1. The van der Waals surface area contributed by atoms with E-state index >= 15 is 0 Å². The quantitative estimate of drug-likeness (QED) is 0.645. The van der Waals surface area contributed by atoms with Gasteiger partial charge >= 0.3 is 6.18 Å². The molecule has 0 unspecified atom stereocenters. The molecule has 1 aliphatic rings. The number of carbonyl (C=O) groups is 1. The maximum absolute atomic E-state index is 13.3. The van der Waals surface area contributed by atoms with Gasteiger partial charge in [-0.3, -0.25) is 9.69 Å². The Morgan fingerprint density at radius 2 is 1.71 bits per heavy atom. The number of alkyl halides is 3. The molecule has 2 aromatic rings. The van der Waals surface area contributed by atoms with Crippen molar-refractivity contribution in [3.63, 3.8) is 0 Å². The van der Waals surface area contributed by atoms with Crippen molar-refractivity contribution in [1.82, 2.24) is 0 Å². The third kappa shape index (κ3) is 3.36. The summed E-state index contributed by atoms with van der Waals surface area (Å²) in [7, 11) is 0. The fraction of sp³-hybridized carbons (Fsp3) is 0.188. The van der Waals surface area contributed by atoms with Crippen molar-refractivity contribution in [2.24, 2.45) is 0 Å². The van der Waals surface area contributed by atoms with E-state index in [9.17, 15) is 18.0 Å². The first-order valence-electron chi connectivity index (χ1n) is 6.83. The smallest absolute Gasteiger partial charge is 0.295 e. The lowest BCUT2D eigenvalue weighted by Crippen LogP contribution is -2.29. The van der Waals surface area contributed by atoms with Crippen LogP contribution >= 0.6 is 35.0 Å². The number of rotatable bonds is 2. The van der Waals surface area contributed by atoms with E-state index in [0.29, 0.717) is 15.7 Å². The Balaban J connectivity index is 2.10. The van der Waals surface area contributed by atoms with Gasteiger partial charge in [-0.1, -0.05) is 41.4 Å². The summed E-state index contributed by atoms with van der Waals surface area (Å²) < 4.78 is 39.9. The van der Waals surface area contributed by atoms with Gasteiger partial charge < -0.3 is 0 Å². The molecule has 0 aliphatic carbocycles. The molecule has 1 saturated heterocycles. The van der Waals surface area contributed by atoms with Gasteiger partial charge in [0.2, 0.25) is 5.91 Å². The average Bonchev–Trinajstić information content (AvgIpc) is 2.87. The van der Waals surface area contributed by atoms with Crippen molar-refractivity contribution < 1.29 is 18.0 Å². The van der Waals surface area contributed by atoms with Crippen LogP contribution in [0.3, 0.4) is 0 Å². The molecule has 3 rings (SSSR count). The molecule has 2 nitrogen and oxygen atoms in total. The van der Waals surface area contributed by atoms with E-state index in [1.807, 2.05) is 0 Å². The maximum atomic E-state index is 13.3. The summed E-state index contributed by atoms with van der Waals surface area (Å²) in [6.45, 7) is 0. The Labute approximate surface area is 150 Å². The Morgan fingerprint density at radius 3 is 2.33 bits per heavy atom. The second-order valence-corrected chi connectivity index (χ2v) is 7.08. The zero-order valence-corrected chi connectivity index (χ0v) is 14.3. The van der Waals surface area contributed by atoms with Gasteiger partial charge in [0.15, 0.2) is 0 Å². The highest BCUT2D eigenvalue weighted by Gasteiger charge is 2.41. The van der Waals surface area contributed by atoms with Crippen molar-refractivity contribution in [1.29, 1.82) is 0 Å². The van der Waals surface area contributed by atoms with Crippen molar-refractivity contribution in [3.8, 4) is 0 Å². The van der Waals surface area contributed by atoms with Gasteiger partial charge in [0.1, 0.15) is 5.37 Å². The minimum Gasteiger partial charge on any atom is -0.295 e. The van der Waals surface area contributed by atoms with Crippen LogP contribution in [0.2, 0.25) is 10.0 Å². The summed E-state index contributed by atoms with van der Waals surface area (Å²) in [4.78, 5) is 13.6. The molecule has 0 spiro atoms. The number of hydrogen-bond acceptors (Lipinski definition) is 2. The summed E-state index contributed by atoms with van der Waals surface area (Å²) in [5.41, 5.74) is -0.336. The zero-order chi connectivity index (χ0) is 17.5. The van der Waals surface area contributed by atoms with Gasteiger partial charge in [-0.25, -0.2) is 0 Å². The van der Waals surface area contributed by atoms with E-state index < -0.39 is 17.1 Å². The number of anilines is 1. The van der Waals surface area contributed by atoms with E-state index in [1.165, 1.54) is 41.3 Å². The van der Waals surface area contributed by atoms with Crippen LogP contribution < -0.4 is 4.90 Å². The van der Waals surface area contributed by atoms with Gasteiger partial charge in [-0.05, 0) is 29.8 Å². The first-order chi connectivity index (χ1) is 11.3. The number of benzene rings is 2. The number of nitrogens with zero attached hydrogens (tertiary/aromatic N) is 1. The normalized spacial score (nSPS) is 18.3. The topological polar surface area (TPSA) is 20.3 Å². The maximum Gasteiger partial charge on any atom is 0.416 e. The first kappa shape index (κ1) is 17.5. The van der Waals surface area contributed by atoms with Crippen LogP contribution in [0.1, 0.15) is 16.5 Å². The Kier molecular flexibility index (Phi) is 4.73. The predicted octanol–water partition coefficient (Wildman–Crippen LogP) is 5.79. The Hall–Kier alpha value is -1.37. The lowest BCUT2D eigenvalue weighted by molar-refractivity contribution is -0.138. The molecule has 0 bridgehead atoms. The molecule has 1 aliphatic heterocycles. The molecule has 1 atom stereocenters. The number of hydrogen-bond donors (Lipinski definition) is 0. The Bertz CT molecular complexity index is 777. The number of halogens is 5. The van der Waals surface area contributed by atoms with Crippen LogP contribution in [0.25, 0.3) is 0 Å². The minimum atomic E-state index is -4.50. The molecular formula is C16H10Cl2F3NOS. The van der Waals surface area contributed by atoms with Crippen LogP contribution in [-0.4, -0.2) is 11.7 Å². The summed E-state index contributed by atoms with van der Waals surface area (Å²) >= 11 is 13.1. The zero-order valence-electron chi connectivity index (χ0n) is 12.0. The van der Waals surface area contributed by atoms with Crippen molar-refractivity contribution in [2.45, 2.75) is 11.6 Å². The molecule has 2 aromatic carbocycles. The highest BCUT2D eigenvalue weighted by atomic mass is 35.5. The summed E-state index contributed by atoms with van der Waals surface area (Å²) in [5, 5.41) is -0.167. The first-order valence-corrected chi connectivity index (χ1v) is 8.64. The highest BCUT2D eigenvalue weighted by Crippen LogP contribution is 2.46. The summed E-state index contributed by atoms with van der Waals surface area (Å²) in [6, 6.07) is 9.78. The largest absolute Gasteiger partial charge is 0.416 e. The van der Waals surface area contributed by atoms with Crippen molar-refractivity contribution in [3.05, 3.63) is 63.6 Å². The third-order valence-electron chi connectivity index (χ3n) is 3.53. The fourth-order valence-electron chi connectivity index (χ4n) is 2.58. The van der Waals surface area contributed by atoms with Crippen LogP contribution in [0.15, 0.2) is 42.5 Å². The van der Waals surface area contributed by atoms with Crippen LogP contribution in [0.5, 0.6) is 0 Å². The van der Waals surface area contributed by atoms with Crippen LogP contribution in [-0.2, 0) is 11.0 Å². The van der Waals surface area contributed by atoms with Gasteiger partial charge in [-0.15, -0.1) is 11.8 Å². The standard InChI is InChI=1S/C16H10Cl2F3NOS/c17-9-5-10(18)7-11(6-9)22-14(23)8-24-15(22)12-3-1-2-4-13(12)16(19,20)21/h1-7,15H,8H2/t15-/m0/s1. The number of amides is 1. The minimum absolute atomic E-state index is 0.0388. The second kappa shape index (κ2) is 6.50. The van der Waals surface area contributed by atoms with Crippen molar-refractivity contribution >= 4 is 46.6 Å². The van der Waals surface area contributed by atoms with Gasteiger partial charge in [-0.2, -0.15) is 13.2 Å². The predicted molar refractivity (Wildman–Crippen MR) is 90.6 cm³/mol. The average molecular weight is 392 g/mol. The molecular weight excluding hydrogens is 382 g/mol. The van der Waals surface area contributed by atoms with Crippen LogP contribution in [0.4, 0.5) is 18.9 Å². The Morgan fingerprint density at radius 1 is 1.08 bits per heavy atom. The molecule has 0 saturated carbocycles. The number of carbonyl (C=O) groups excluding carboxylic acids is 1. The molecule has 1 heterocycles. The van der Waals surface area contributed by atoms with Crippen LogP contribution in [0, 0.1) is 0 Å². The van der Waals surface area contributed by atoms with E-state index in [2.05, 4.69) is 0 Å². The van der Waals surface area contributed by atoms with Crippen molar-refractivity contribution in [2.75, 3.05) is 10.7 Å². The molecule has 24 heavy (non-hydrogen) atoms. The molecule has 8 heteroatoms. The second-order valence-electron chi connectivity index (χ2n) is 5.14. The van der Waals surface area contributed by atoms with E-state index in [-0.39, 0.29) is 17.2 Å². The molecule has 0 N–H and O–H groups in total. The summed E-state index contributed by atoms with van der Waals surface area (Å²) in [5.74, 6) is -0.207. The monoisotopic (exact) mass is 391 g/mol. The lowest BCUT2D eigenvalue weighted by atomic mass is 10.1. The summed E-state index contributed by atoms with van der Waals surface area (Å²) in [6.07, 6.45) is -4.50. The molecule has 1 fully saturated rings. The molecule has 0 aromatic heterocycles. The van der Waals surface area contributed by atoms with Gasteiger partial charge in [0, 0.05) is 15.7 Å². The van der Waals surface area contributed by atoms with E-state index in [4.69, 9.17) is 23.2 Å². The fourth-order valence-corrected chi connectivity index (χ4v) is 4.31. The van der Waals surface area contributed by atoms with E-state index in [1.54, 1.807) is 0 Å². The number of thioether (sulfide) groups is 1. The van der Waals surface area contributed by atoms with Gasteiger partial charge in [0.05, 0.1) is 11.3 Å². The lowest BCUT2D eigenvalue weighted by Gasteiger charge is -2.27. The van der Waals surface area contributed by atoms with E-state index in [0.717, 1.165) is 17.8 Å². The molecule has 0 radical (unpaired) electrons. The highest BCUT2D eigenvalue weighted by molar-refractivity contribution is 8.00. The molecule has 126 valence electrons. The third-order valence-corrected chi connectivity index (χ3v) is 5.16. The molecule has 1 amide bonds.